The molecule has 33 heavy (non-hydrogen) atoms. The molecule has 0 radical (unpaired) electrons. The van der Waals surface area contributed by atoms with Gasteiger partial charge in [-0.05, 0) is 25.5 Å². The highest BCUT2D eigenvalue weighted by Crippen LogP contribution is 2.10. The van der Waals surface area contributed by atoms with Crippen LogP contribution in [0.1, 0.15) is 45.2 Å². The SMILES string of the molecule is CCCC(NC(=O)C(CS(C)(=O)=O)NCC)C(O)C(=O)NCC(=O)N[C@H](C)c1ccccc1. The van der Waals surface area contributed by atoms with Crippen LogP contribution in [0.15, 0.2) is 30.3 Å². The van der Waals surface area contributed by atoms with Crippen molar-refractivity contribution in [1.82, 2.24) is 21.3 Å². The van der Waals surface area contributed by atoms with Crippen molar-refractivity contribution in [2.24, 2.45) is 0 Å². The number of nitrogens with one attached hydrogen (secondary N) is 4. The first-order valence-electron chi connectivity index (χ1n) is 11.0. The Morgan fingerprint density at radius 1 is 1.03 bits per heavy atom. The number of aliphatic hydroxyl groups excluding tert-OH is 1. The third-order valence-electron chi connectivity index (χ3n) is 4.91. The van der Waals surface area contributed by atoms with Crippen LogP contribution in [-0.4, -0.2) is 74.5 Å². The minimum Gasteiger partial charge on any atom is -0.381 e. The average Bonchev–Trinajstić information content (AvgIpc) is 2.76. The summed E-state index contributed by atoms with van der Waals surface area (Å²) in [7, 11) is -3.43. The van der Waals surface area contributed by atoms with Crippen LogP contribution in [0, 0.1) is 0 Å². The van der Waals surface area contributed by atoms with E-state index in [2.05, 4.69) is 21.3 Å². The summed E-state index contributed by atoms with van der Waals surface area (Å²) in [6.45, 7) is 5.39. The lowest BCUT2D eigenvalue weighted by molar-refractivity contribution is -0.134. The highest BCUT2D eigenvalue weighted by atomic mass is 32.2. The summed E-state index contributed by atoms with van der Waals surface area (Å²) in [6.07, 6.45) is 0.270. The van der Waals surface area contributed by atoms with Crippen molar-refractivity contribution < 1.29 is 27.9 Å². The molecule has 0 spiro atoms. The molecule has 0 bridgehead atoms. The van der Waals surface area contributed by atoms with Gasteiger partial charge in [-0.1, -0.05) is 50.6 Å². The van der Waals surface area contributed by atoms with Crippen LogP contribution in [0.3, 0.4) is 0 Å². The monoisotopic (exact) mass is 484 g/mol. The van der Waals surface area contributed by atoms with Crippen molar-refractivity contribution in [2.75, 3.05) is 25.1 Å². The third kappa shape index (κ3) is 10.8. The van der Waals surface area contributed by atoms with Gasteiger partial charge in [-0.25, -0.2) is 8.42 Å². The summed E-state index contributed by atoms with van der Waals surface area (Å²) < 4.78 is 23.2. The molecule has 0 aliphatic rings. The topological polar surface area (TPSA) is 154 Å². The summed E-state index contributed by atoms with van der Waals surface area (Å²) in [4.78, 5) is 37.2. The summed E-state index contributed by atoms with van der Waals surface area (Å²) >= 11 is 0. The molecule has 1 aromatic carbocycles. The van der Waals surface area contributed by atoms with Crippen LogP contribution < -0.4 is 21.3 Å². The molecule has 10 nitrogen and oxygen atoms in total. The zero-order chi connectivity index (χ0) is 25.0. The summed E-state index contributed by atoms with van der Waals surface area (Å²) in [5, 5.41) is 21.0. The minimum absolute atomic E-state index is 0.259. The van der Waals surface area contributed by atoms with E-state index >= 15 is 0 Å². The lowest BCUT2D eigenvalue weighted by Crippen LogP contribution is -2.56. The van der Waals surface area contributed by atoms with E-state index in [0.29, 0.717) is 13.0 Å². The van der Waals surface area contributed by atoms with Gasteiger partial charge in [0.1, 0.15) is 15.9 Å². The second kappa shape index (κ2) is 13.9. The molecule has 11 heteroatoms. The molecule has 3 unspecified atom stereocenters. The fourth-order valence-electron chi connectivity index (χ4n) is 3.25. The van der Waals surface area contributed by atoms with E-state index in [1.807, 2.05) is 44.2 Å². The molecule has 1 aromatic rings. The smallest absolute Gasteiger partial charge is 0.251 e. The summed E-state index contributed by atoms with van der Waals surface area (Å²) in [6, 6.07) is 7.12. The van der Waals surface area contributed by atoms with E-state index in [9.17, 15) is 27.9 Å². The Balaban J connectivity index is 2.68. The van der Waals surface area contributed by atoms with Crippen molar-refractivity contribution in [3.8, 4) is 0 Å². The summed E-state index contributed by atoms with van der Waals surface area (Å²) in [5.74, 6) is -2.27. The fourth-order valence-corrected chi connectivity index (χ4v) is 4.13. The van der Waals surface area contributed by atoms with E-state index < -0.39 is 51.5 Å². The number of carbonyl (C=O) groups is 3. The standard InChI is InChI=1S/C22H36N4O6S/c1-5-10-17(26-21(29)18(23-6-2)14-33(4,31)32)20(28)22(30)24-13-19(27)25-15(3)16-11-8-7-9-12-16/h7-9,11-12,15,17-18,20,23,28H,5-6,10,13-14H2,1-4H3,(H,24,30)(H,25,27)(H,26,29)/t15-,17?,18?,20?/m1/s1. The van der Waals surface area contributed by atoms with Gasteiger partial charge in [0.25, 0.3) is 5.91 Å². The van der Waals surface area contributed by atoms with Crippen molar-refractivity contribution in [2.45, 2.75) is 57.8 Å². The molecule has 0 saturated carbocycles. The van der Waals surface area contributed by atoms with E-state index in [-0.39, 0.29) is 19.0 Å². The van der Waals surface area contributed by atoms with Crippen LogP contribution in [0.2, 0.25) is 0 Å². The second-order valence-corrected chi connectivity index (χ2v) is 10.2. The molecule has 0 heterocycles. The van der Waals surface area contributed by atoms with Gasteiger partial charge in [0.15, 0.2) is 6.10 Å². The molecule has 5 N–H and O–H groups in total. The van der Waals surface area contributed by atoms with Gasteiger partial charge in [-0.3, -0.25) is 14.4 Å². The average molecular weight is 485 g/mol. The van der Waals surface area contributed by atoms with Gasteiger partial charge < -0.3 is 26.4 Å². The van der Waals surface area contributed by atoms with Gasteiger partial charge in [-0.2, -0.15) is 0 Å². The normalized spacial score (nSPS) is 15.1. The Bertz CT molecular complexity index is 878. The minimum atomic E-state index is -3.43. The molecule has 3 amide bonds. The number of benzene rings is 1. The Labute approximate surface area is 195 Å². The summed E-state index contributed by atoms with van der Waals surface area (Å²) in [5.41, 5.74) is 0.910. The Hall–Kier alpha value is -2.50. The van der Waals surface area contributed by atoms with Crippen LogP contribution in [0.4, 0.5) is 0 Å². The number of rotatable bonds is 14. The van der Waals surface area contributed by atoms with Gasteiger partial charge in [0.2, 0.25) is 11.8 Å². The van der Waals surface area contributed by atoms with Crippen LogP contribution in [-0.2, 0) is 24.2 Å². The Kier molecular flexibility index (Phi) is 12.0. The predicted molar refractivity (Wildman–Crippen MR) is 126 cm³/mol. The maximum atomic E-state index is 12.6. The zero-order valence-electron chi connectivity index (χ0n) is 19.6. The molecule has 0 aliphatic carbocycles. The Morgan fingerprint density at radius 3 is 2.21 bits per heavy atom. The second-order valence-electron chi connectivity index (χ2n) is 7.97. The molecule has 1 rings (SSSR count). The first-order valence-corrected chi connectivity index (χ1v) is 13.1. The number of carbonyl (C=O) groups excluding carboxylic acids is 3. The van der Waals surface area contributed by atoms with E-state index in [1.54, 1.807) is 6.92 Å². The third-order valence-corrected chi connectivity index (χ3v) is 5.85. The van der Waals surface area contributed by atoms with Gasteiger partial charge >= 0.3 is 0 Å². The number of aliphatic hydroxyl groups is 1. The number of hydrogen-bond donors (Lipinski definition) is 5. The first-order chi connectivity index (χ1) is 15.5. The van der Waals surface area contributed by atoms with Crippen molar-refractivity contribution >= 4 is 27.6 Å². The maximum Gasteiger partial charge on any atom is 0.251 e. The van der Waals surface area contributed by atoms with Gasteiger partial charge in [-0.15, -0.1) is 0 Å². The van der Waals surface area contributed by atoms with Gasteiger partial charge in [0, 0.05) is 6.26 Å². The van der Waals surface area contributed by atoms with Crippen molar-refractivity contribution in [3.05, 3.63) is 35.9 Å². The molecular weight excluding hydrogens is 448 g/mol. The molecule has 4 atom stereocenters. The molecular formula is C22H36N4O6S. The highest BCUT2D eigenvalue weighted by Gasteiger charge is 2.30. The maximum absolute atomic E-state index is 12.6. The highest BCUT2D eigenvalue weighted by molar-refractivity contribution is 7.90. The quantitative estimate of drug-likeness (QED) is 0.242. The van der Waals surface area contributed by atoms with E-state index in [1.165, 1.54) is 0 Å². The number of sulfone groups is 1. The molecule has 0 aromatic heterocycles. The lowest BCUT2D eigenvalue weighted by Gasteiger charge is -2.26. The molecule has 0 aliphatic heterocycles. The number of hydrogen-bond acceptors (Lipinski definition) is 7. The number of amides is 3. The first kappa shape index (κ1) is 28.5. The van der Waals surface area contributed by atoms with E-state index in [0.717, 1.165) is 11.8 Å². The Morgan fingerprint density at radius 2 is 1.67 bits per heavy atom. The van der Waals surface area contributed by atoms with E-state index in [4.69, 9.17) is 0 Å². The van der Waals surface area contributed by atoms with Crippen LogP contribution >= 0.6 is 0 Å². The van der Waals surface area contributed by atoms with Crippen LogP contribution in [0.25, 0.3) is 0 Å². The fraction of sp³-hybridized carbons (Fsp3) is 0.591. The number of likely N-dealkylation sites (N-methyl/N-ethyl adjacent to an activating group) is 1. The largest absolute Gasteiger partial charge is 0.381 e. The van der Waals surface area contributed by atoms with Crippen molar-refractivity contribution in [3.63, 3.8) is 0 Å². The van der Waals surface area contributed by atoms with Crippen LogP contribution in [0.5, 0.6) is 0 Å². The zero-order valence-corrected chi connectivity index (χ0v) is 20.4. The predicted octanol–water partition coefficient (Wildman–Crippen LogP) is -0.351. The van der Waals surface area contributed by atoms with Crippen molar-refractivity contribution in [1.29, 1.82) is 0 Å². The molecule has 0 saturated heterocycles. The van der Waals surface area contributed by atoms with Gasteiger partial charge in [0.05, 0.1) is 24.4 Å². The lowest BCUT2D eigenvalue weighted by atomic mass is 10.0. The molecule has 0 fully saturated rings. The molecule has 186 valence electrons.